The SMILES string of the molecule is COCCn1nc(CNCC(C)C)c2ccccc21. The minimum absolute atomic E-state index is 0.654. The number of ether oxygens (including phenoxy) is 1. The van der Waals surface area contributed by atoms with Gasteiger partial charge in [-0.1, -0.05) is 32.0 Å². The van der Waals surface area contributed by atoms with Crippen molar-refractivity contribution in [3.8, 4) is 0 Å². The second-order valence-corrected chi connectivity index (χ2v) is 5.20. The van der Waals surface area contributed by atoms with Crippen LogP contribution in [0.1, 0.15) is 19.5 Å². The third kappa shape index (κ3) is 3.55. The first kappa shape index (κ1) is 14.0. The molecule has 0 unspecified atom stereocenters. The van der Waals surface area contributed by atoms with Gasteiger partial charge >= 0.3 is 0 Å². The Hall–Kier alpha value is -1.39. The van der Waals surface area contributed by atoms with E-state index >= 15 is 0 Å². The summed E-state index contributed by atoms with van der Waals surface area (Å²) in [6, 6.07) is 8.37. The van der Waals surface area contributed by atoms with Crippen LogP contribution in [0, 0.1) is 5.92 Å². The van der Waals surface area contributed by atoms with Gasteiger partial charge in [-0.2, -0.15) is 5.10 Å². The van der Waals surface area contributed by atoms with Crippen LogP contribution < -0.4 is 5.32 Å². The Morgan fingerprint density at radius 1 is 1.32 bits per heavy atom. The van der Waals surface area contributed by atoms with Crippen LogP contribution in [-0.4, -0.2) is 30.0 Å². The number of hydrogen-bond donors (Lipinski definition) is 1. The highest BCUT2D eigenvalue weighted by Crippen LogP contribution is 2.18. The van der Waals surface area contributed by atoms with Crippen molar-refractivity contribution in [2.45, 2.75) is 26.9 Å². The van der Waals surface area contributed by atoms with Gasteiger partial charge in [-0.15, -0.1) is 0 Å². The number of nitrogens with one attached hydrogen (secondary N) is 1. The van der Waals surface area contributed by atoms with E-state index < -0.39 is 0 Å². The molecule has 1 aromatic carbocycles. The predicted molar refractivity (Wildman–Crippen MR) is 78.2 cm³/mol. The number of rotatable bonds is 7. The van der Waals surface area contributed by atoms with Crippen molar-refractivity contribution in [2.24, 2.45) is 5.92 Å². The molecule has 19 heavy (non-hydrogen) atoms. The molecule has 1 N–H and O–H groups in total. The van der Waals surface area contributed by atoms with Gasteiger partial charge in [0.05, 0.1) is 24.4 Å². The first-order chi connectivity index (χ1) is 9.22. The number of hydrogen-bond acceptors (Lipinski definition) is 3. The van der Waals surface area contributed by atoms with Crippen LogP contribution >= 0.6 is 0 Å². The zero-order valence-corrected chi connectivity index (χ0v) is 12.0. The molecule has 2 rings (SSSR count). The zero-order valence-electron chi connectivity index (χ0n) is 12.0. The average molecular weight is 261 g/mol. The van der Waals surface area contributed by atoms with Crippen LogP contribution in [0.5, 0.6) is 0 Å². The summed E-state index contributed by atoms with van der Waals surface area (Å²) < 4.78 is 7.17. The summed E-state index contributed by atoms with van der Waals surface area (Å²) in [7, 11) is 1.72. The number of para-hydroxylation sites is 1. The van der Waals surface area contributed by atoms with Crippen molar-refractivity contribution >= 4 is 10.9 Å². The maximum Gasteiger partial charge on any atom is 0.0841 e. The van der Waals surface area contributed by atoms with Gasteiger partial charge in [0, 0.05) is 19.0 Å². The Labute approximate surface area is 114 Å². The molecule has 4 nitrogen and oxygen atoms in total. The maximum absolute atomic E-state index is 5.14. The maximum atomic E-state index is 5.14. The van der Waals surface area contributed by atoms with E-state index in [-0.39, 0.29) is 0 Å². The van der Waals surface area contributed by atoms with E-state index in [0.717, 1.165) is 25.3 Å². The molecule has 0 aliphatic carbocycles. The van der Waals surface area contributed by atoms with Crippen LogP contribution in [0.25, 0.3) is 10.9 Å². The van der Waals surface area contributed by atoms with Crippen molar-refractivity contribution in [3.63, 3.8) is 0 Å². The lowest BCUT2D eigenvalue weighted by Crippen LogP contribution is -2.19. The summed E-state index contributed by atoms with van der Waals surface area (Å²) in [4.78, 5) is 0. The molecule has 0 bridgehead atoms. The minimum Gasteiger partial charge on any atom is -0.383 e. The number of aromatic nitrogens is 2. The molecule has 0 spiro atoms. The fourth-order valence-corrected chi connectivity index (χ4v) is 2.15. The minimum atomic E-state index is 0.654. The van der Waals surface area contributed by atoms with E-state index in [1.165, 1.54) is 10.9 Å². The number of methoxy groups -OCH3 is 1. The molecule has 0 aliphatic heterocycles. The monoisotopic (exact) mass is 261 g/mol. The number of nitrogens with zero attached hydrogens (tertiary/aromatic N) is 2. The molecule has 0 fully saturated rings. The van der Waals surface area contributed by atoms with E-state index in [1.54, 1.807) is 7.11 Å². The molecule has 0 saturated heterocycles. The van der Waals surface area contributed by atoms with Gasteiger partial charge in [0.1, 0.15) is 0 Å². The molecule has 0 radical (unpaired) electrons. The van der Waals surface area contributed by atoms with Crippen LogP contribution in [0.2, 0.25) is 0 Å². The van der Waals surface area contributed by atoms with E-state index in [1.807, 2.05) is 4.68 Å². The van der Waals surface area contributed by atoms with Gasteiger partial charge in [-0.25, -0.2) is 0 Å². The van der Waals surface area contributed by atoms with Crippen molar-refractivity contribution in [1.29, 1.82) is 0 Å². The first-order valence-corrected chi connectivity index (χ1v) is 6.86. The molecule has 2 aromatic rings. The Morgan fingerprint density at radius 2 is 2.11 bits per heavy atom. The molecular weight excluding hydrogens is 238 g/mol. The normalized spacial score (nSPS) is 11.6. The number of fused-ring (bicyclic) bond motifs is 1. The Balaban J connectivity index is 2.18. The average Bonchev–Trinajstić information content (AvgIpc) is 2.75. The third-order valence-corrected chi connectivity index (χ3v) is 3.09. The number of benzene rings is 1. The Kier molecular flexibility index (Phi) is 4.93. The summed E-state index contributed by atoms with van der Waals surface area (Å²) in [5, 5.41) is 9.38. The van der Waals surface area contributed by atoms with E-state index in [9.17, 15) is 0 Å². The molecule has 0 aliphatic rings. The second-order valence-electron chi connectivity index (χ2n) is 5.20. The first-order valence-electron chi connectivity index (χ1n) is 6.86. The molecule has 0 atom stereocenters. The zero-order chi connectivity index (χ0) is 13.7. The van der Waals surface area contributed by atoms with E-state index in [0.29, 0.717) is 12.5 Å². The van der Waals surface area contributed by atoms with Crippen molar-refractivity contribution < 1.29 is 4.74 Å². The Bertz CT molecular complexity index is 519. The predicted octanol–water partition coefficient (Wildman–Crippen LogP) is 2.43. The highest BCUT2D eigenvalue weighted by atomic mass is 16.5. The largest absolute Gasteiger partial charge is 0.383 e. The van der Waals surface area contributed by atoms with Gasteiger partial charge < -0.3 is 10.1 Å². The van der Waals surface area contributed by atoms with Gasteiger partial charge in [-0.3, -0.25) is 4.68 Å². The van der Waals surface area contributed by atoms with Gasteiger partial charge in [0.2, 0.25) is 0 Å². The van der Waals surface area contributed by atoms with Crippen molar-refractivity contribution in [3.05, 3.63) is 30.0 Å². The highest BCUT2D eigenvalue weighted by molar-refractivity contribution is 5.81. The van der Waals surface area contributed by atoms with Gasteiger partial charge in [0.15, 0.2) is 0 Å². The molecule has 0 saturated carbocycles. The molecular formula is C15H23N3O. The van der Waals surface area contributed by atoms with Crippen LogP contribution in [0.4, 0.5) is 0 Å². The Morgan fingerprint density at radius 3 is 2.84 bits per heavy atom. The molecule has 0 amide bonds. The second kappa shape index (κ2) is 6.68. The van der Waals surface area contributed by atoms with Gasteiger partial charge in [-0.05, 0) is 18.5 Å². The van der Waals surface area contributed by atoms with E-state index in [4.69, 9.17) is 9.84 Å². The summed E-state index contributed by atoms with van der Waals surface area (Å²) in [5.41, 5.74) is 2.30. The van der Waals surface area contributed by atoms with Gasteiger partial charge in [0.25, 0.3) is 0 Å². The fraction of sp³-hybridized carbons (Fsp3) is 0.533. The standard InChI is InChI=1S/C15H23N3O/c1-12(2)10-16-11-14-13-6-4-5-7-15(13)18(17-14)8-9-19-3/h4-7,12,16H,8-11H2,1-3H3. The summed E-state index contributed by atoms with van der Waals surface area (Å²) >= 11 is 0. The van der Waals surface area contributed by atoms with Crippen LogP contribution in [-0.2, 0) is 17.8 Å². The third-order valence-electron chi connectivity index (χ3n) is 3.09. The smallest absolute Gasteiger partial charge is 0.0841 e. The molecule has 1 heterocycles. The lowest BCUT2D eigenvalue weighted by atomic mass is 10.2. The van der Waals surface area contributed by atoms with Crippen LogP contribution in [0.3, 0.4) is 0 Å². The van der Waals surface area contributed by atoms with Crippen LogP contribution in [0.15, 0.2) is 24.3 Å². The quantitative estimate of drug-likeness (QED) is 0.832. The summed E-state index contributed by atoms with van der Waals surface area (Å²) in [6.07, 6.45) is 0. The fourth-order valence-electron chi connectivity index (χ4n) is 2.15. The lowest BCUT2D eigenvalue weighted by Gasteiger charge is -2.05. The molecule has 4 heteroatoms. The van der Waals surface area contributed by atoms with Crippen molar-refractivity contribution in [1.82, 2.24) is 15.1 Å². The molecule has 1 aromatic heterocycles. The molecule has 104 valence electrons. The highest BCUT2D eigenvalue weighted by Gasteiger charge is 2.09. The summed E-state index contributed by atoms with van der Waals surface area (Å²) in [6.45, 7) is 7.73. The summed E-state index contributed by atoms with van der Waals surface area (Å²) in [5.74, 6) is 0.654. The topological polar surface area (TPSA) is 39.1 Å². The van der Waals surface area contributed by atoms with E-state index in [2.05, 4.69) is 43.4 Å². The van der Waals surface area contributed by atoms with Crippen molar-refractivity contribution in [2.75, 3.05) is 20.3 Å². The lowest BCUT2D eigenvalue weighted by molar-refractivity contribution is 0.184.